The number of allylic oxidation sites excluding steroid dienone is 3. The molecule has 140 valence electrons. The minimum Gasteiger partial charge on any atom is -0.397 e. The standard InChI is InChI=1S/C21H30N4O/c1-3-5-6-7-16-14-21(20(23)15-19(16)22)24-17-8-10-18(11-9-17)25(4-2)12-13-26/h8-11,14-15,22,26H,3-7,12-13,23H2,1-2H3. The summed E-state index contributed by atoms with van der Waals surface area (Å²) >= 11 is 0. The van der Waals surface area contributed by atoms with E-state index in [9.17, 15) is 0 Å². The molecule has 0 fully saturated rings. The van der Waals surface area contributed by atoms with Crippen LogP contribution in [0.4, 0.5) is 11.4 Å². The summed E-state index contributed by atoms with van der Waals surface area (Å²) in [6.07, 6.45) is 7.95. The van der Waals surface area contributed by atoms with E-state index in [1.165, 1.54) is 6.42 Å². The van der Waals surface area contributed by atoms with Gasteiger partial charge >= 0.3 is 0 Å². The number of hydrogen-bond acceptors (Lipinski definition) is 5. The molecule has 0 amide bonds. The maximum atomic E-state index is 9.15. The summed E-state index contributed by atoms with van der Waals surface area (Å²) in [5.41, 5.74) is 10.7. The zero-order chi connectivity index (χ0) is 18.9. The van der Waals surface area contributed by atoms with Crippen LogP contribution in [-0.4, -0.2) is 36.2 Å². The first-order chi connectivity index (χ1) is 12.6. The summed E-state index contributed by atoms with van der Waals surface area (Å²) in [5.74, 6) is 0. The summed E-state index contributed by atoms with van der Waals surface area (Å²) in [6, 6.07) is 7.94. The van der Waals surface area contributed by atoms with Crippen LogP contribution in [-0.2, 0) is 0 Å². The molecule has 1 aliphatic carbocycles. The number of aliphatic hydroxyl groups excluding tert-OH is 1. The highest BCUT2D eigenvalue weighted by molar-refractivity contribution is 6.22. The van der Waals surface area contributed by atoms with Gasteiger partial charge in [-0.25, -0.2) is 4.99 Å². The number of benzene rings is 1. The third-order valence-electron chi connectivity index (χ3n) is 4.52. The van der Waals surface area contributed by atoms with Crippen LogP contribution in [0.1, 0.15) is 39.5 Å². The molecule has 0 aromatic heterocycles. The Morgan fingerprint density at radius 2 is 1.85 bits per heavy atom. The van der Waals surface area contributed by atoms with Crippen molar-refractivity contribution in [2.24, 2.45) is 10.7 Å². The largest absolute Gasteiger partial charge is 0.397 e. The van der Waals surface area contributed by atoms with Crippen molar-refractivity contribution in [1.29, 1.82) is 5.41 Å². The van der Waals surface area contributed by atoms with Gasteiger partial charge in [0.1, 0.15) is 0 Å². The number of aliphatic hydroxyl groups is 1. The van der Waals surface area contributed by atoms with Crippen LogP contribution in [0.3, 0.4) is 0 Å². The van der Waals surface area contributed by atoms with E-state index in [1.54, 1.807) is 6.08 Å². The van der Waals surface area contributed by atoms with Crippen LogP contribution >= 0.6 is 0 Å². The van der Waals surface area contributed by atoms with Crippen molar-refractivity contribution >= 4 is 22.8 Å². The van der Waals surface area contributed by atoms with E-state index in [1.807, 2.05) is 30.3 Å². The lowest BCUT2D eigenvalue weighted by molar-refractivity contribution is 0.302. The molecule has 0 spiro atoms. The lowest BCUT2D eigenvalue weighted by Crippen LogP contribution is -2.25. The van der Waals surface area contributed by atoms with Crippen LogP contribution in [0.25, 0.3) is 0 Å². The number of nitrogens with zero attached hydrogens (tertiary/aromatic N) is 2. The molecule has 0 unspecified atom stereocenters. The molecular weight excluding hydrogens is 324 g/mol. The molecular formula is C21H30N4O. The molecule has 0 atom stereocenters. The average Bonchev–Trinajstić information content (AvgIpc) is 2.64. The lowest BCUT2D eigenvalue weighted by Gasteiger charge is -2.22. The normalized spacial score (nSPS) is 15.8. The van der Waals surface area contributed by atoms with Gasteiger partial charge < -0.3 is 21.1 Å². The molecule has 0 bridgehead atoms. The van der Waals surface area contributed by atoms with Crippen molar-refractivity contribution in [2.45, 2.75) is 39.5 Å². The molecule has 1 aromatic rings. The fourth-order valence-corrected chi connectivity index (χ4v) is 2.98. The Morgan fingerprint density at radius 1 is 1.12 bits per heavy atom. The second-order valence-electron chi connectivity index (χ2n) is 6.46. The molecule has 5 heteroatoms. The van der Waals surface area contributed by atoms with Crippen molar-refractivity contribution in [1.82, 2.24) is 0 Å². The summed E-state index contributed by atoms with van der Waals surface area (Å²) in [4.78, 5) is 6.78. The van der Waals surface area contributed by atoms with Gasteiger partial charge in [0.2, 0.25) is 0 Å². The Labute approximate surface area is 156 Å². The number of rotatable bonds is 9. The Morgan fingerprint density at radius 3 is 2.46 bits per heavy atom. The Hall–Kier alpha value is -2.40. The molecule has 2 rings (SSSR count). The maximum Gasteiger partial charge on any atom is 0.0870 e. The Bertz CT molecular complexity index is 701. The molecule has 0 saturated carbocycles. The fourth-order valence-electron chi connectivity index (χ4n) is 2.98. The van der Waals surface area contributed by atoms with E-state index in [0.717, 1.165) is 48.5 Å². The van der Waals surface area contributed by atoms with Gasteiger partial charge in [0.25, 0.3) is 0 Å². The van der Waals surface area contributed by atoms with E-state index in [-0.39, 0.29) is 6.61 Å². The van der Waals surface area contributed by atoms with Crippen LogP contribution in [0.5, 0.6) is 0 Å². The Kier molecular flexibility index (Phi) is 7.60. The SMILES string of the molecule is CCCCCC1=CC(=Nc2ccc(N(CC)CCO)cc2)C(N)=CC1=N. The topological polar surface area (TPSA) is 85.7 Å². The highest BCUT2D eigenvalue weighted by Crippen LogP contribution is 2.23. The lowest BCUT2D eigenvalue weighted by atomic mass is 9.95. The maximum absolute atomic E-state index is 9.15. The summed E-state index contributed by atoms with van der Waals surface area (Å²) < 4.78 is 0. The summed E-state index contributed by atoms with van der Waals surface area (Å²) in [5, 5.41) is 17.3. The number of unbranched alkanes of at least 4 members (excludes halogenated alkanes) is 2. The smallest absolute Gasteiger partial charge is 0.0870 e. The predicted molar refractivity (Wildman–Crippen MR) is 111 cm³/mol. The van der Waals surface area contributed by atoms with Gasteiger partial charge in [0, 0.05) is 18.8 Å². The molecule has 5 nitrogen and oxygen atoms in total. The van der Waals surface area contributed by atoms with Gasteiger partial charge in [-0.3, -0.25) is 0 Å². The van der Waals surface area contributed by atoms with Gasteiger partial charge in [0.15, 0.2) is 0 Å². The van der Waals surface area contributed by atoms with E-state index < -0.39 is 0 Å². The van der Waals surface area contributed by atoms with Gasteiger partial charge in [-0.15, -0.1) is 0 Å². The van der Waals surface area contributed by atoms with Crippen LogP contribution in [0.15, 0.2) is 52.7 Å². The first-order valence-electron chi connectivity index (χ1n) is 9.40. The molecule has 4 N–H and O–H groups in total. The molecule has 1 aromatic carbocycles. The fraction of sp³-hybridized carbons (Fsp3) is 0.429. The van der Waals surface area contributed by atoms with Gasteiger partial charge in [0.05, 0.1) is 29.4 Å². The molecule has 0 aliphatic heterocycles. The van der Waals surface area contributed by atoms with Crippen molar-refractivity contribution in [2.75, 3.05) is 24.6 Å². The van der Waals surface area contributed by atoms with Crippen molar-refractivity contribution in [3.8, 4) is 0 Å². The van der Waals surface area contributed by atoms with Crippen LogP contribution < -0.4 is 10.6 Å². The predicted octanol–water partition coefficient (Wildman–Crippen LogP) is 3.96. The first kappa shape index (κ1) is 19.9. The number of aliphatic imine (C=N–C) groups is 1. The second-order valence-corrected chi connectivity index (χ2v) is 6.46. The summed E-state index contributed by atoms with van der Waals surface area (Å²) in [6.45, 7) is 5.84. The average molecular weight is 354 g/mol. The number of hydrogen-bond donors (Lipinski definition) is 3. The molecule has 1 aliphatic rings. The molecule has 0 saturated heterocycles. The minimum atomic E-state index is 0.136. The van der Waals surface area contributed by atoms with Crippen molar-refractivity contribution in [3.63, 3.8) is 0 Å². The zero-order valence-electron chi connectivity index (χ0n) is 15.8. The quantitative estimate of drug-likeness (QED) is 0.463. The van der Waals surface area contributed by atoms with Gasteiger partial charge in [-0.1, -0.05) is 19.8 Å². The van der Waals surface area contributed by atoms with Crippen LogP contribution in [0, 0.1) is 5.41 Å². The van der Waals surface area contributed by atoms with E-state index >= 15 is 0 Å². The third kappa shape index (κ3) is 5.30. The van der Waals surface area contributed by atoms with E-state index in [0.29, 0.717) is 18.0 Å². The first-order valence-corrected chi connectivity index (χ1v) is 9.40. The molecule has 26 heavy (non-hydrogen) atoms. The Balaban J connectivity index is 2.18. The third-order valence-corrected chi connectivity index (χ3v) is 4.52. The number of nitrogens with one attached hydrogen (secondary N) is 1. The molecule has 0 radical (unpaired) electrons. The number of anilines is 1. The summed E-state index contributed by atoms with van der Waals surface area (Å²) in [7, 11) is 0. The van der Waals surface area contributed by atoms with Crippen LogP contribution in [0.2, 0.25) is 0 Å². The van der Waals surface area contributed by atoms with E-state index in [2.05, 4.69) is 23.7 Å². The van der Waals surface area contributed by atoms with Gasteiger partial charge in [-0.05, 0) is 61.8 Å². The number of nitrogens with two attached hydrogens (primary N) is 1. The van der Waals surface area contributed by atoms with E-state index in [4.69, 9.17) is 16.2 Å². The van der Waals surface area contributed by atoms with Gasteiger partial charge in [-0.2, -0.15) is 0 Å². The minimum absolute atomic E-state index is 0.136. The highest BCUT2D eigenvalue weighted by Gasteiger charge is 2.14. The molecule has 0 heterocycles. The monoisotopic (exact) mass is 354 g/mol. The zero-order valence-corrected chi connectivity index (χ0v) is 15.8. The highest BCUT2D eigenvalue weighted by atomic mass is 16.3. The van der Waals surface area contributed by atoms with Crippen molar-refractivity contribution < 1.29 is 5.11 Å². The number of likely N-dealkylation sites (N-methyl/N-ethyl adjacent to an activating group) is 1. The second kappa shape index (κ2) is 9.92. The van der Waals surface area contributed by atoms with Crippen molar-refractivity contribution in [3.05, 3.63) is 47.7 Å².